The summed E-state index contributed by atoms with van der Waals surface area (Å²) in [5, 5.41) is 101. The van der Waals surface area contributed by atoms with Gasteiger partial charge in [0.2, 0.25) is 49.3 Å². The van der Waals surface area contributed by atoms with Gasteiger partial charge in [-0.15, -0.1) is 0 Å². The zero-order valence-electron chi connectivity index (χ0n) is 32.6. The van der Waals surface area contributed by atoms with Crippen LogP contribution in [-0.4, -0.2) is 129 Å². The first-order chi connectivity index (χ1) is 27.1. The molecule has 4 rings (SSSR count). The predicted octanol–water partition coefficient (Wildman–Crippen LogP) is 2.55. The quantitative estimate of drug-likeness (QED) is 0.0425. The van der Waals surface area contributed by atoms with Crippen LogP contribution in [0.1, 0.15) is 117 Å². The van der Waals surface area contributed by atoms with Crippen LogP contribution in [0.3, 0.4) is 0 Å². The average molecular weight is 843 g/mol. The van der Waals surface area contributed by atoms with Gasteiger partial charge in [0.25, 0.3) is 0 Å². The van der Waals surface area contributed by atoms with E-state index in [4.69, 9.17) is 45.3 Å². The number of aliphatic hydroxyl groups is 3. The van der Waals surface area contributed by atoms with Crippen LogP contribution in [0, 0.1) is 64.1 Å². The zero-order chi connectivity index (χ0) is 45.1. The van der Waals surface area contributed by atoms with Gasteiger partial charge in [-0.3, -0.25) is 45.3 Å². The largest absolute Gasteiger partial charge is 0.479 e. The van der Waals surface area contributed by atoms with Crippen molar-refractivity contribution >= 4 is 30.2 Å². The highest BCUT2D eigenvalue weighted by Crippen LogP contribution is 2.33. The number of aliphatic hydroxyl groups excluding tert-OH is 3. The van der Waals surface area contributed by atoms with Crippen molar-refractivity contribution in [2.24, 2.45) is 23.7 Å². The van der Waals surface area contributed by atoms with Crippen LogP contribution in [0.15, 0.2) is 0 Å². The number of nitro groups is 4. The third-order valence-corrected chi connectivity index (χ3v) is 10.1. The molecule has 7 N–H and O–H groups in total. The van der Waals surface area contributed by atoms with Crippen molar-refractivity contribution in [1.29, 1.82) is 0 Å². The maximum atomic E-state index is 10.5. The summed E-state index contributed by atoms with van der Waals surface area (Å²) in [6.45, 7) is 4.17. The van der Waals surface area contributed by atoms with Crippen molar-refractivity contribution in [3.63, 3.8) is 0 Å². The first-order valence-electron chi connectivity index (χ1n) is 19.1. The number of carbonyl (C=O) groups is 5. The molecule has 6 atom stereocenters. The molecular weight excluding hydrogens is 784 g/mol. The minimum atomic E-state index is -1.88. The van der Waals surface area contributed by atoms with Crippen LogP contribution in [0.4, 0.5) is 0 Å². The van der Waals surface area contributed by atoms with Crippen LogP contribution in [0.5, 0.6) is 0 Å². The van der Waals surface area contributed by atoms with Gasteiger partial charge in [-0.2, -0.15) is 0 Å². The van der Waals surface area contributed by atoms with Crippen LogP contribution in [0.25, 0.3) is 0 Å². The molecule has 0 spiro atoms. The summed E-state index contributed by atoms with van der Waals surface area (Å²) in [6, 6.07) is -4.09. The monoisotopic (exact) mass is 842 g/mol. The maximum absolute atomic E-state index is 10.5. The fraction of sp³-hybridized carbons (Fsp3) is 0.853. The summed E-state index contributed by atoms with van der Waals surface area (Å²) in [5.41, 5.74) is 0. The van der Waals surface area contributed by atoms with Gasteiger partial charge in [-0.1, -0.05) is 90.9 Å². The molecule has 0 unspecified atom stereocenters. The first-order valence-corrected chi connectivity index (χ1v) is 19.1. The number of carboxylic acid groups (broad SMARTS) is 4. The molecule has 24 nitrogen and oxygen atoms in total. The summed E-state index contributed by atoms with van der Waals surface area (Å²) >= 11 is 0. The molecule has 4 aliphatic carbocycles. The molecule has 0 bridgehead atoms. The highest BCUT2D eigenvalue weighted by Gasteiger charge is 2.40. The summed E-state index contributed by atoms with van der Waals surface area (Å²) in [4.78, 5) is 88.1. The third kappa shape index (κ3) is 23.3. The summed E-state index contributed by atoms with van der Waals surface area (Å²) in [5.74, 6) is -4.69. The molecule has 4 saturated carbocycles. The van der Waals surface area contributed by atoms with E-state index in [9.17, 15) is 54.8 Å². The number of rotatable bonds is 19. The Kier molecular flexibility index (Phi) is 28.7. The Morgan fingerprint density at radius 1 is 0.534 bits per heavy atom. The fourth-order valence-electron chi connectivity index (χ4n) is 5.76. The van der Waals surface area contributed by atoms with Crippen LogP contribution < -0.4 is 0 Å². The lowest BCUT2D eigenvalue weighted by atomic mass is 9.80. The molecule has 0 aromatic heterocycles. The maximum Gasteiger partial charge on any atom is 0.368 e. The van der Waals surface area contributed by atoms with E-state index in [0.717, 1.165) is 64.2 Å². The molecule has 0 heterocycles. The van der Waals surface area contributed by atoms with Crippen LogP contribution >= 0.6 is 0 Å². The predicted molar refractivity (Wildman–Crippen MR) is 198 cm³/mol. The summed E-state index contributed by atoms with van der Waals surface area (Å²) in [7, 11) is 0. The number of hydrogen-bond donors (Lipinski definition) is 7. The van der Waals surface area contributed by atoms with E-state index >= 15 is 0 Å². The number of hydrogen-bond acceptors (Lipinski definition) is 16. The molecule has 58 heavy (non-hydrogen) atoms. The van der Waals surface area contributed by atoms with Gasteiger partial charge in [0.1, 0.15) is 0 Å². The van der Waals surface area contributed by atoms with Crippen LogP contribution in [0.2, 0.25) is 0 Å². The van der Waals surface area contributed by atoms with E-state index in [-0.39, 0.29) is 54.8 Å². The molecule has 0 radical (unpaired) electrons. The topological polar surface area (TPSA) is 400 Å². The van der Waals surface area contributed by atoms with E-state index < -0.39 is 75.1 Å². The first kappa shape index (κ1) is 55.1. The van der Waals surface area contributed by atoms with Crippen molar-refractivity contribution in [2.45, 2.75) is 153 Å². The summed E-state index contributed by atoms with van der Waals surface area (Å²) in [6.07, 6.45) is 7.71. The number of aldehydes is 1. The van der Waals surface area contributed by atoms with Gasteiger partial charge in [0.15, 0.2) is 0 Å². The average Bonchev–Trinajstić information content (AvgIpc) is 3.06. The zero-order valence-corrected chi connectivity index (χ0v) is 32.6. The van der Waals surface area contributed by atoms with E-state index in [0.29, 0.717) is 5.92 Å². The molecule has 0 saturated heterocycles. The minimum absolute atomic E-state index is 0.167. The van der Waals surface area contributed by atoms with Crippen molar-refractivity contribution < 1.29 is 79.4 Å². The molecule has 334 valence electrons. The Balaban J connectivity index is 0. The smallest absolute Gasteiger partial charge is 0.368 e. The van der Waals surface area contributed by atoms with Gasteiger partial charge in [-0.25, -0.2) is 19.2 Å². The normalized spacial score (nSPS) is 18.8. The molecular formula is C34H58N4O20. The fourth-order valence-corrected chi connectivity index (χ4v) is 5.76. The molecule has 0 aromatic carbocycles. The number of carbonyl (C=O) groups excluding carboxylic acids is 1. The number of aliphatic carboxylic acids is 4. The SMILES string of the molecule is CC.O=C(O)[C@H](O)[C@@H](CC1CCC1)[N+](=O)[O-].O=C(O)[C@H](O)[C@H](CC1CCC1)[N+](=O)[O-].O=C(O)[C@H](O)[C@H](CC1CCC1)[N+](=O)[O-].O=CC(=O)O.O=[N+]([O-])CCC1CCC1. The lowest BCUT2D eigenvalue weighted by Gasteiger charge is -2.26. The second-order valence-electron chi connectivity index (χ2n) is 14.1. The van der Waals surface area contributed by atoms with E-state index in [1.165, 1.54) is 19.3 Å². The van der Waals surface area contributed by atoms with Gasteiger partial charge in [-0.05, 0) is 23.7 Å². The Labute approximate surface area is 333 Å². The molecule has 4 fully saturated rings. The van der Waals surface area contributed by atoms with Crippen molar-refractivity contribution in [3.05, 3.63) is 40.5 Å². The molecule has 0 amide bonds. The van der Waals surface area contributed by atoms with Gasteiger partial charge < -0.3 is 35.7 Å². The van der Waals surface area contributed by atoms with Crippen LogP contribution in [-0.2, 0) is 24.0 Å². The molecule has 4 aliphatic rings. The Hall–Kier alpha value is -4.97. The van der Waals surface area contributed by atoms with E-state index in [2.05, 4.69) is 0 Å². The molecule has 24 heteroatoms. The van der Waals surface area contributed by atoms with E-state index in [1.54, 1.807) is 0 Å². The number of carboxylic acids is 4. The van der Waals surface area contributed by atoms with Gasteiger partial charge >= 0.3 is 23.9 Å². The van der Waals surface area contributed by atoms with Gasteiger partial charge in [0.05, 0.1) is 0 Å². The van der Waals surface area contributed by atoms with E-state index in [1.807, 2.05) is 13.8 Å². The lowest BCUT2D eigenvalue weighted by molar-refractivity contribution is -0.534. The second-order valence-corrected chi connectivity index (χ2v) is 14.1. The highest BCUT2D eigenvalue weighted by molar-refractivity contribution is 6.19. The van der Waals surface area contributed by atoms with Gasteiger partial charge in [0, 0.05) is 45.4 Å². The highest BCUT2D eigenvalue weighted by atomic mass is 16.6. The standard InChI is InChI=1S/3C8H13NO5.C6H11NO2.C2H2O3.C2H6/c3*10-7(8(11)12)6(9(13)14)4-5-2-1-3-5;8-7(9)5-4-6-2-1-3-6;3-1-2(4)5;1-2/h3*5-7,10H,1-4H2,(H,11,12);6H,1-5H2;1H,(H,4,5);1-2H3/t2*6-,7+;6-,7-;;;/m001.../s1. The van der Waals surface area contributed by atoms with Crippen molar-refractivity contribution in [1.82, 2.24) is 0 Å². The third-order valence-electron chi connectivity index (χ3n) is 10.1. The second kappa shape index (κ2) is 30.2. The lowest BCUT2D eigenvalue weighted by Crippen LogP contribution is -2.41. The minimum Gasteiger partial charge on any atom is -0.479 e. The molecule has 0 aromatic rings. The Bertz CT molecular complexity index is 1200. The summed E-state index contributed by atoms with van der Waals surface area (Å²) < 4.78 is 0. The van der Waals surface area contributed by atoms with Crippen molar-refractivity contribution in [2.75, 3.05) is 6.54 Å². The Morgan fingerprint density at radius 3 is 0.879 bits per heavy atom. The van der Waals surface area contributed by atoms with Crippen molar-refractivity contribution in [3.8, 4) is 0 Å². The molecule has 0 aliphatic heterocycles. The Morgan fingerprint density at radius 2 is 0.759 bits per heavy atom. The number of nitrogens with zero attached hydrogens (tertiary/aromatic N) is 4.